The molecule has 0 spiro atoms. The van der Waals surface area contributed by atoms with Gasteiger partial charge in [0.25, 0.3) is 0 Å². The fourth-order valence-electron chi connectivity index (χ4n) is 1.72. The minimum atomic E-state index is 0.590. The number of thiophene rings is 1. The van der Waals surface area contributed by atoms with E-state index in [9.17, 15) is 0 Å². The maximum Gasteiger partial charge on any atom is 0.197 e. The molecule has 0 amide bonds. The predicted molar refractivity (Wildman–Crippen MR) is 83.9 cm³/mol. The fraction of sp³-hybridized carbons (Fsp3) is 0. The van der Waals surface area contributed by atoms with Crippen molar-refractivity contribution in [2.45, 2.75) is 0 Å². The number of hydrogen-bond acceptors (Lipinski definition) is 4. The molecule has 0 atom stereocenters. The molecular formula is C13H6BrN3S2. The summed E-state index contributed by atoms with van der Waals surface area (Å²) in [5, 5.41) is 0. The van der Waals surface area contributed by atoms with Crippen molar-refractivity contribution in [3.05, 3.63) is 56.0 Å². The van der Waals surface area contributed by atoms with Crippen LogP contribution in [0, 0.1) is 6.57 Å². The van der Waals surface area contributed by atoms with Gasteiger partial charge in [-0.1, -0.05) is 12.1 Å². The number of rotatable bonds is 2. The van der Waals surface area contributed by atoms with E-state index in [2.05, 4.69) is 29.5 Å². The van der Waals surface area contributed by atoms with Gasteiger partial charge in [-0.15, -0.1) is 11.3 Å². The predicted octanol–water partition coefficient (Wildman–Crippen LogP) is 4.93. The van der Waals surface area contributed by atoms with E-state index in [1.54, 1.807) is 11.3 Å². The molecule has 0 saturated carbocycles. The van der Waals surface area contributed by atoms with Crippen LogP contribution in [0.3, 0.4) is 0 Å². The molecule has 0 fully saturated rings. The molecule has 3 rings (SSSR count). The van der Waals surface area contributed by atoms with Crippen molar-refractivity contribution in [2.75, 3.05) is 0 Å². The second-order valence-electron chi connectivity index (χ2n) is 3.72. The van der Waals surface area contributed by atoms with Crippen molar-refractivity contribution in [1.29, 1.82) is 0 Å². The molecule has 0 saturated heterocycles. The van der Waals surface area contributed by atoms with Crippen LogP contribution in [-0.4, -0.2) is 8.75 Å². The molecule has 3 aromatic rings. The quantitative estimate of drug-likeness (QED) is 0.615. The van der Waals surface area contributed by atoms with Gasteiger partial charge in [0.15, 0.2) is 5.70 Å². The van der Waals surface area contributed by atoms with Crippen molar-refractivity contribution in [3.8, 4) is 0 Å². The Morgan fingerprint density at radius 2 is 2.16 bits per heavy atom. The van der Waals surface area contributed by atoms with E-state index in [1.807, 2.05) is 36.4 Å². The first-order valence-electron chi connectivity index (χ1n) is 5.34. The first-order chi connectivity index (χ1) is 9.28. The molecule has 92 valence electrons. The van der Waals surface area contributed by atoms with Crippen LogP contribution in [0.5, 0.6) is 0 Å². The van der Waals surface area contributed by atoms with Gasteiger partial charge in [0.05, 0.1) is 22.1 Å². The van der Waals surface area contributed by atoms with Crippen molar-refractivity contribution < 1.29 is 0 Å². The Hall–Kier alpha value is -1.55. The molecule has 0 radical (unpaired) electrons. The highest BCUT2D eigenvalue weighted by molar-refractivity contribution is 9.11. The largest absolute Gasteiger partial charge is 0.237 e. The summed E-state index contributed by atoms with van der Waals surface area (Å²) in [5.74, 6) is 0. The molecular weight excluding hydrogens is 342 g/mol. The molecule has 6 heteroatoms. The lowest BCUT2D eigenvalue weighted by molar-refractivity contribution is 1.60. The molecule has 0 bridgehead atoms. The number of benzene rings is 1. The van der Waals surface area contributed by atoms with Gasteiger partial charge < -0.3 is 0 Å². The monoisotopic (exact) mass is 347 g/mol. The van der Waals surface area contributed by atoms with E-state index in [1.165, 1.54) is 11.7 Å². The summed E-state index contributed by atoms with van der Waals surface area (Å²) >= 11 is 6.19. The van der Waals surface area contributed by atoms with Gasteiger partial charge in [-0.3, -0.25) is 0 Å². The zero-order chi connectivity index (χ0) is 13.2. The normalized spacial score (nSPS) is 11.7. The zero-order valence-corrected chi connectivity index (χ0v) is 12.7. The topological polar surface area (TPSA) is 30.1 Å². The van der Waals surface area contributed by atoms with Crippen molar-refractivity contribution in [3.63, 3.8) is 0 Å². The van der Waals surface area contributed by atoms with Crippen molar-refractivity contribution >= 4 is 61.8 Å². The Morgan fingerprint density at radius 1 is 1.26 bits per heavy atom. The summed E-state index contributed by atoms with van der Waals surface area (Å²) in [6.07, 6.45) is 1.89. The van der Waals surface area contributed by atoms with Crippen molar-refractivity contribution in [2.24, 2.45) is 0 Å². The van der Waals surface area contributed by atoms with Gasteiger partial charge in [0.1, 0.15) is 11.0 Å². The summed E-state index contributed by atoms with van der Waals surface area (Å²) in [6, 6.07) is 9.69. The summed E-state index contributed by atoms with van der Waals surface area (Å²) in [7, 11) is 0. The molecule has 0 unspecified atom stereocenters. The molecule has 19 heavy (non-hydrogen) atoms. The molecule has 0 aliphatic rings. The summed E-state index contributed by atoms with van der Waals surface area (Å²) < 4.78 is 9.53. The average molecular weight is 348 g/mol. The van der Waals surface area contributed by atoms with E-state index >= 15 is 0 Å². The second kappa shape index (κ2) is 5.21. The number of fused-ring (bicyclic) bond motifs is 1. The van der Waals surface area contributed by atoms with Crippen LogP contribution in [0.15, 0.2) is 34.1 Å². The standard InChI is InChI=1S/C13H6BrN3S2/c1-15-11(7-8-5-6-12(14)18-8)9-3-2-4-10-13(9)17-19-16-10/h2-7H/b11-7-. The lowest BCUT2D eigenvalue weighted by Crippen LogP contribution is -1.82. The van der Waals surface area contributed by atoms with Gasteiger partial charge in [-0.05, 0) is 40.2 Å². The number of nitrogens with zero attached hydrogens (tertiary/aromatic N) is 3. The van der Waals surface area contributed by atoms with E-state index in [-0.39, 0.29) is 0 Å². The molecule has 0 aliphatic carbocycles. The Labute approximate surface area is 126 Å². The Morgan fingerprint density at radius 3 is 2.89 bits per heavy atom. The van der Waals surface area contributed by atoms with Crippen LogP contribution in [0.1, 0.15) is 10.4 Å². The Bertz CT molecular complexity index is 811. The Balaban J connectivity index is 2.15. The minimum absolute atomic E-state index is 0.590. The third-order valence-electron chi connectivity index (χ3n) is 2.56. The molecule has 0 N–H and O–H groups in total. The van der Waals surface area contributed by atoms with E-state index in [0.717, 1.165) is 25.3 Å². The molecule has 3 nitrogen and oxygen atoms in total. The van der Waals surface area contributed by atoms with E-state index in [0.29, 0.717) is 5.70 Å². The highest BCUT2D eigenvalue weighted by Gasteiger charge is 2.10. The van der Waals surface area contributed by atoms with Gasteiger partial charge in [-0.25, -0.2) is 4.85 Å². The van der Waals surface area contributed by atoms with Crippen LogP contribution in [0.2, 0.25) is 0 Å². The number of halogens is 1. The number of aromatic nitrogens is 2. The maximum absolute atomic E-state index is 7.39. The number of hydrogen-bond donors (Lipinski definition) is 0. The summed E-state index contributed by atoms with van der Waals surface area (Å²) in [5.41, 5.74) is 3.06. The smallest absolute Gasteiger partial charge is 0.197 e. The first-order valence-corrected chi connectivity index (χ1v) is 7.68. The summed E-state index contributed by atoms with van der Waals surface area (Å²) in [4.78, 5) is 4.67. The average Bonchev–Trinajstić information content (AvgIpc) is 3.04. The van der Waals surface area contributed by atoms with Crippen LogP contribution in [0.4, 0.5) is 0 Å². The van der Waals surface area contributed by atoms with Crippen LogP contribution < -0.4 is 0 Å². The van der Waals surface area contributed by atoms with E-state index in [4.69, 9.17) is 6.57 Å². The van der Waals surface area contributed by atoms with Crippen LogP contribution in [-0.2, 0) is 0 Å². The zero-order valence-electron chi connectivity index (χ0n) is 9.50. The molecule has 2 heterocycles. The lowest BCUT2D eigenvalue weighted by atomic mass is 10.1. The van der Waals surface area contributed by atoms with Crippen LogP contribution >= 0.6 is 39.0 Å². The third-order valence-corrected chi connectivity index (χ3v) is 4.67. The third kappa shape index (κ3) is 2.45. The first kappa shape index (κ1) is 12.5. The molecule has 2 aromatic heterocycles. The second-order valence-corrected chi connectivity index (χ2v) is 6.74. The van der Waals surface area contributed by atoms with Gasteiger partial charge in [0.2, 0.25) is 0 Å². The summed E-state index contributed by atoms with van der Waals surface area (Å²) in [6.45, 7) is 7.39. The fourth-order valence-corrected chi connectivity index (χ4v) is 3.63. The van der Waals surface area contributed by atoms with Crippen molar-refractivity contribution in [1.82, 2.24) is 8.75 Å². The maximum atomic E-state index is 7.39. The molecule has 1 aromatic carbocycles. The Kier molecular flexibility index (Phi) is 3.42. The highest BCUT2D eigenvalue weighted by Crippen LogP contribution is 2.30. The molecule has 0 aliphatic heterocycles. The van der Waals surface area contributed by atoms with E-state index < -0.39 is 0 Å². The van der Waals surface area contributed by atoms with Gasteiger partial charge in [0, 0.05) is 10.4 Å². The minimum Gasteiger partial charge on any atom is -0.237 e. The lowest BCUT2D eigenvalue weighted by Gasteiger charge is -1.99. The van der Waals surface area contributed by atoms with Gasteiger partial charge in [-0.2, -0.15) is 8.75 Å². The highest BCUT2D eigenvalue weighted by atomic mass is 79.9. The van der Waals surface area contributed by atoms with Gasteiger partial charge >= 0.3 is 0 Å². The van der Waals surface area contributed by atoms with Crippen LogP contribution in [0.25, 0.3) is 27.7 Å². The SMILES string of the molecule is [C-]#[N+]/C(=C\c1ccc(Br)s1)c1cccc2nsnc12.